The molecule has 0 heterocycles. The molecule has 0 N–H and O–H groups in total. The summed E-state index contributed by atoms with van der Waals surface area (Å²) in [6.07, 6.45) is 9.79. The summed E-state index contributed by atoms with van der Waals surface area (Å²) >= 11 is 0. The van der Waals surface area contributed by atoms with Gasteiger partial charge in [0.25, 0.3) is 0 Å². The molecular weight excluding hydrogens is 396 g/mol. The van der Waals surface area contributed by atoms with Gasteiger partial charge in [-0.05, 0) is 81.0 Å². The van der Waals surface area contributed by atoms with Crippen molar-refractivity contribution in [3.8, 4) is 0 Å². The predicted molar refractivity (Wildman–Crippen MR) is 139 cm³/mol. The van der Waals surface area contributed by atoms with Crippen LogP contribution in [0.25, 0.3) is 0 Å². The van der Waals surface area contributed by atoms with E-state index in [1.165, 1.54) is 37.7 Å². The number of allylic oxidation sites excluding steroid dienone is 2. The van der Waals surface area contributed by atoms with Crippen LogP contribution in [0, 0.1) is 11.8 Å². The summed E-state index contributed by atoms with van der Waals surface area (Å²) in [7, 11) is -1.61. The van der Waals surface area contributed by atoms with Crippen molar-refractivity contribution in [3.63, 3.8) is 0 Å². The number of hydrogen-bond acceptors (Lipinski definition) is 2. The maximum atomic E-state index is 6.38. The fourth-order valence-electron chi connectivity index (χ4n) is 3.29. The lowest BCUT2D eigenvalue weighted by molar-refractivity contribution is 0.108. The molecule has 0 radical (unpaired) electrons. The predicted octanol–water partition coefficient (Wildman–Crippen LogP) is 8.78. The highest BCUT2D eigenvalue weighted by Crippen LogP contribution is 2.36. The molecule has 1 aromatic rings. The second-order valence-corrected chi connectivity index (χ2v) is 15.9. The first-order valence-electron chi connectivity index (χ1n) is 12.4. The van der Waals surface area contributed by atoms with E-state index < -0.39 is 8.32 Å². The van der Waals surface area contributed by atoms with Crippen LogP contribution in [0.1, 0.15) is 85.6 Å². The highest BCUT2D eigenvalue weighted by molar-refractivity contribution is 6.74. The molecule has 1 rings (SSSR count). The Morgan fingerprint density at radius 1 is 1.00 bits per heavy atom. The van der Waals surface area contributed by atoms with Crippen molar-refractivity contribution in [1.82, 2.24) is 0 Å². The topological polar surface area (TPSA) is 18.5 Å². The molecule has 2 nitrogen and oxygen atoms in total. The molecule has 0 spiro atoms. The van der Waals surface area contributed by atoms with Gasteiger partial charge in [0.1, 0.15) is 0 Å². The first kappa shape index (κ1) is 28.1. The van der Waals surface area contributed by atoms with Gasteiger partial charge in [-0.3, -0.25) is 0 Å². The molecule has 0 unspecified atom stereocenters. The Bertz CT molecular complexity index is 616. The maximum absolute atomic E-state index is 6.38. The molecule has 0 saturated heterocycles. The molecule has 0 aliphatic carbocycles. The van der Waals surface area contributed by atoms with Crippen molar-refractivity contribution in [2.24, 2.45) is 11.8 Å². The average molecular weight is 447 g/mol. The van der Waals surface area contributed by atoms with Crippen molar-refractivity contribution >= 4 is 8.32 Å². The monoisotopic (exact) mass is 446 g/mol. The van der Waals surface area contributed by atoms with E-state index in [0.717, 1.165) is 26.2 Å². The third-order valence-corrected chi connectivity index (χ3v) is 11.3. The summed E-state index contributed by atoms with van der Waals surface area (Å²) in [6, 6.07) is 10.4. The molecule has 0 aliphatic rings. The second kappa shape index (κ2) is 14.3. The lowest BCUT2D eigenvalue weighted by atomic mass is 9.99. The summed E-state index contributed by atoms with van der Waals surface area (Å²) in [6.45, 7) is 21.1. The van der Waals surface area contributed by atoms with Crippen LogP contribution in [0.5, 0.6) is 0 Å². The normalized spacial score (nSPS) is 15.2. The molecule has 0 amide bonds. The van der Waals surface area contributed by atoms with Crippen molar-refractivity contribution in [1.29, 1.82) is 0 Å². The molecule has 31 heavy (non-hydrogen) atoms. The lowest BCUT2D eigenvalue weighted by Crippen LogP contribution is -2.41. The van der Waals surface area contributed by atoms with Gasteiger partial charge in [-0.1, -0.05) is 76.6 Å². The summed E-state index contributed by atoms with van der Waals surface area (Å²) in [5.74, 6) is 1.37. The SMILES string of the molecule is C/C(=C\CC[C@@H](C)CCOCc1ccccc1)CCC[C@@H](C)CO[Si](C)(C)C(C)(C)C. The van der Waals surface area contributed by atoms with E-state index in [1.54, 1.807) is 5.57 Å². The van der Waals surface area contributed by atoms with Gasteiger partial charge in [-0.2, -0.15) is 0 Å². The van der Waals surface area contributed by atoms with Crippen LogP contribution in [-0.2, 0) is 15.8 Å². The number of ether oxygens (including phenoxy) is 1. The van der Waals surface area contributed by atoms with Gasteiger partial charge in [0.2, 0.25) is 0 Å². The number of hydrogen-bond donors (Lipinski definition) is 0. The molecule has 2 atom stereocenters. The van der Waals surface area contributed by atoms with Crippen LogP contribution in [0.3, 0.4) is 0 Å². The van der Waals surface area contributed by atoms with Gasteiger partial charge in [0, 0.05) is 13.2 Å². The molecule has 0 aliphatic heterocycles. The van der Waals surface area contributed by atoms with Crippen LogP contribution < -0.4 is 0 Å². The number of benzene rings is 1. The van der Waals surface area contributed by atoms with Crippen molar-refractivity contribution < 1.29 is 9.16 Å². The Morgan fingerprint density at radius 3 is 2.32 bits per heavy atom. The van der Waals surface area contributed by atoms with Gasteiger partial charge in [0.15, 0.2) is 8.32 Å². The quantitative estimate of drug-likeness (QED) is 0.152. The molecule has 0 bridgehead atoms. The minimum Gasteiger partial charge on any atom is -0.417 e. The third kappa shape index (κ3) is 12.6. The molecule has 1 aromatic carbocycles. The Labute approximate surface area is 195 Å². The summed E-state index contributed by atoms with van der Waals surface area (Å²) < 4.78 is 12.2. The van der Waals surface area contributed by atoms with Crippen LogP contribution in [0.15, 0.2) is 42.0 Å². The Morgan fingerprint density at radius 2 is 1.68 bits per heavy atom. The fraction of sp³-hybridized carbons (Fsp3) is 0.714. The van der Waals surface area contributed by atoms with Gasteiger partial charge in [-0.15, -0.1) is 0 Å². The summed E-state index contributed by atoms with van der Waals surface area (Å²) in [5, 5.41) is 0.303. The second-order valence-electron chi connectivity index (χ2n) is 11.1. The zero-order valence-electron chi connectivity index (χ0n) is 21.8. The molecule has 3 heteroatoms. The zero-order chi connectivity index (χ0) is 23.3. The first-order chi connectivity index (χ1) is 14.5. The van der Waals surface area contributed by atoms with Gasteiger partial charge in [-0.25, -0.2) is 0 Å². The molecule has 0 aromatic heterocycles. The summed E-state index contributed by atoms with van der Waals surface area (Å²) in [4.78, 5) is 0. The zero-order valence-corrected chi connectivity index (χ0v) is 22.8. The minimum absolute atomic E-state index is 0.303. The van der Waals surface area contributed by atoms with Crippen molar-refractivity contribution in [3.05, 3.63) is 47.5 Å². The molecule has 0 fully saturated rings. The van der Waals surface area contributed by atoms with Crippen molar-refractivity contribution in [2.45, 2.75) is 105 Å². The summed E-state index contributed by atoms with van der Waals surface area (Å²) in [5.41, 5.74) is 2.81. The van der Waals surface area contributed by atoms with Crippen LogP contribution in [0.2, 0.25) is 18.1 Å². The van der Waals surface area contributed by atoms with E-state index in [1.807, 2.05) is 6.07 Å². The fourth-order valence-corrected chi connectivity index (χ4v) is 4.42. The van der Waals surface area contributed by atoms with E-state index in [-0.39, 0.29) is 0 Å². The maximum Gasteiger partial charge on any atom is 0.191 e. The van der Waals surface area contributed by atoms with E-state index in [0.29, 0.717) is 16.9 Å². The average Bonchev–Trinajstić information content (AvgIpc) is 2.70. The van der Waals surface area contributed by atoms with E-state index in [2.05, 4.69) is 85.0 Å². The van der Waals surface area contributed by atoms with Gasteiger partial charge >= 0.3 is 0 Å². The molecule has 178 valence electrons. The van der Waals surface area contributed by atoms with E-state index in [9.17, 15) is 0 Å². The Kier molecular flexibility index (Phi) is 13.0. The smallest absolute Gasteiger partial charge is 0.191 e. The Hall–Kier alpha value is -0.903. The van der Waals surface area contributed by atoms with Crippen LogP contribution in [0.4, 0.5) is 0 Å². The third-order valence-electron chi connectivity index (χ3n) is 6.82. The van der Waals surface area contributed by atoms with Crippen molar-refractivity contribution in [2.75, 3.05) is 13.2 Å². The van der Waals surface area contributed by atoms with Gasteiger partial charge in [0.05, 0.1) is 6.61 Å². The van der Waals surface area contributed by atoms with Gasteiger partial charge < -0.3 is 9.16 Å². The van der Waals surface area contributed by atoms with E-state index in [4.69, 9.17) is 9.16 Å². The minimum atomic E-state index is -1.61. The standard InChI is InChI=1S/C28H50O2Si/c1-24(15-13-17-26(3)22-30-31(7,8)28(4,5)6)14-12-16-25(2)20-21-29-23-27-18-10-9-11-19-27/h9-11,14,18-19,25-26H,12-13,15-17,20-23H2,1-8H3/b24-14+/t25-,26-/m1/s1. The Balaban J connectivity index is 2.11. The molecular formula is C28H50O2Si. The largest absolute Gasteiger partial charge is 0.417 e. The highest BCUT2D eigenvalue weighted by atomic mass is 28.4. The highest BCUT2D eigenvalue weighted by Gasteiger charge is 2.37. The first-order valence-corrected chi connectivity index (χ1v) is 15.3. The lowest BCUT2D eigenvalue weighted by Gasteiger charge is -2.37. The van der Waals surface area contributed by atoms with E-state index >= 15 is 0 Å². The number of rotatable bonds is 15. The van der Waals surface area contributed by atoms with Crippen LogP contribution >= 0.6 is 0 Å². The molecule has 0 saturated carbocycles. The van der Waals surface area contributed by atoms with Crippen LogP contribution in [-0.4, -0.2) is 21.5 Å².